The number of rotatable bonds is 3. The molecule has 0 aliphatic rings. The van der Waals surface area contributed by atoms with Gasteiger partial charge in [0, 0.05) is 0 Å². The minimum absolute atomic E-state index is 0.0569. The number of ether oxygens (including phenoxy) is 1. The maximum absolute atomic E-state index is 11.9. The zero-order valence-corrected chi connectivity index (χ0v) is 7.79. The van der Waals surface area contributed by atoms with E-state index in [4.69, 9.17) is 10.5 Å². The van der Waals surface area contributed by atoms with Crippen molar-refractivity contribution in [3.05, 3.63) is 29.8 Å². The van der Waals surface area contributed by atoms with Crippen LogP contribution in [0.25, 0.3) is 0 Å². The van der Waals surface area contributed by atoms with Gasteiger partial charge < -0.3 is 10.5 Å². The Hall–Kier alpha value is -1.53. The summed E-state index contributed by atoms with van der Waals surface area (Å²) < 4.78 is 17.0. The number of hydrogen-bond donors (Lipinski definition) is 1. The summed E-state index contributed by atoms with van der Waals surface area (Å²) in [6.45, 7) is -0.141. The second-order valence-corrected chi connectivity index (χ2v) is 2.54. The molecule has 0 saturated carbocycles. The Bertz CT molecular complexity index is 341. The molecule has 0 bridgehead atoms. The molecule has 74 valence electrons. The van der Waals surface area contributed by atoms with E-state index in [0.29, 0.717) is 12.3 Å². The van der Waals surface area contributed by atoms with Crippen LogP contribution in [-0.2, 0) is 0 Å². The zero-order valence-electron chi connectivity index (χ0n) is 7.79. The maximum atomic E-state index is 11.9. The first-order valence-corrected chi connectivity index (χ1v) is 4.35. The fourth-order valence-electron chi connectivity index (χ4n) is 0.991. The van der Waals surface area contributed by atoms with Crippen LogP contribution in [-0.4, -0.2) is 19.8 Å². The largest absolute Gasteiger partial charge is 0.490 e. The first-order chi connectivity index (χ1) is 6.88. The molecule has 2 N–H and O–H groups in total. The summed E-state index contributed by atoms with van der Waals surface area (Å²) in [5, 5.41) is 0. The molecule has 1 aromatic rings. The zero-order chi connectivity index (χ0) is 10.2. The molecular weight excluding hydrogens is 181 g/mol. The van der Waals surface area contributed by atoms with Crippen LogP contribution in [0.2, 0.25) is 0 Å². The van der Waals surface area contributed by atoms with E-state index in [1.54, 1.807) is 6.07 Å². The quantitative estimate of drug-likeness (QED) is 0.735. The average molecular weight is 193 g/mol. The Morgan fingerprint density at radius 3 is 2.86 bits per heavy atom. The fraction of sp³-hybridized carbons (Fsp3) is 0.273. The van der Waals surface area contributed by atoms with Gasteiger partial charge in [-0.25, -0.2) is 4.39 Å². The van der Waals surface area contributed by atoms with Crippen molar-refractivity contribution in [2.45, 2.75) is 0 Å². The fourth-order valence-corrected chi connectivity index (χ4v) is 0.991. The lowest BCUT2D eigenvalue weighted by atomic mass is 10.2. The van der Waals surface area contributed by atoms with Gasteiger partial charge in [-0.1, -0.05) is 24.0 Å². The number of alkyl halides is 1. The Morgan fingerprint density at radius 2 is 2.14 bits per heavy atom. The Labute approximate surface area is 82.9 Å². The van der Waals surface area contributed by atoms with E-state index in [2.05, 4.69) is 11.8 Å². The summed E-state index contributed by atoms with van der Waals surface area (Å²) in [7, 11) is 0. The smallest absolute Gasteiger partial charge is 0.135 e. The van der Waals surface area contributed by atoms with Gasteiger partial charge in [-0.2, -0.15) is 0 Å². The van der Waals surface area contributed by atoms with Crippen molar-refractivity contribution in [1.82, 2.24) is 0 Å². The van der Waals surface area contributed by atoms with Crippen LogP contribution in [0.5, 0.6) is 5.75 Å². The van der Waals surface area contributed by atoms with Gasteiger partial charge >= 0.3 is 0 Å². The first-order valence-electron chi connectivity index (χ1n) is 4.35. The summed E-state index contributed by atoms with van der Waals surface area (Å²) in [6.07, 6.45) is 0. The molecule has 0 aliphatic heterocycles. The molecule has 0 heterocycles. The minimum Gasteiger partial charge on any atom is -0.490 e. The summed E-state index contributed by atoms with van der Waals surface area (Å²) in [5.41, 5.74) is 5.99. The van der Waals surface area contributed by atoms with E-state index in [9.17, 15) is 4.39 Å². The van der Waals surface area contributed by atoms with E-state index in [1.807, 2.05) is 18.2 Å². The lowest BCUT2D eigenvalue weighted by Gasteiger charge is -2.04. The number of nitrogens with two attached hydrogens (primary N) is 1. The monoisotopic (exact) mass is 193 g/mol. The molecule has 1 rings (SSSR count). The summed E-state index contributed by atoms with van der Waals surface area (Å²) in [4.78, 5) is 0. The summed E-state index contributed by atoms with van der Waals surface area (Å²) >= 11 is 0. The third-order valence-corrected chi connectivity index (χ3v) is 1.55. The third-order valence-electron chi connectivity index (χ3n) is 1.55. The summed E-state index contributed by atoms with van der Waals surface area (Å²) in [5.74, 6) is 6.19. The van der Waals surface area contributed by atoms with E-state index < -0.39 is 6.67 Å². The van der Waals surface area contributed by atoms with Crippen LogP contribution in [0, 0.1) is 11.8 Å². The van der Waals surface area contributed by atoms with Crippen molar-refractivity contribution in [3.63, 3.8) is 0 Å². The van der Waals surface area contributed by atoms with Gasteiger partial charge in [0.25, 0.3) is 0 Å². The predicted octanol–water partition coefficient (Wildman–Crippen LogP) is 1.35. The number of halogens is 1. The molecule has 0 radical (unpaired) electrons. The second kappa shape index (κ2) is 6.01. The van der Waals surface area contributed by atoms with Gasteiger partial charge in [0.1, 0.15) is 19.0 Å². The molecule has 0 atom stereocenters. The molecule has 0 spiro atoms. The van der Waals surface area contributed by atoms with Crippen molar-refractivity contribution >= 4 is 0 Å². The molecule has 1 aromatic carbocycles. The van der Waals surface area contributed by atoms with Crippen molar-refractivity contribution in [2.24, 2.45) is 5.73 Å². The highest BCUT2D eigenvalue weighted by Gasteiger charge is 1.98. The Balaban J connectivity index is 2.80. The molecule has 0 aliphatic carbocycles. The average Bonchev–Trinajstić information content (AvgIpc) is 2.24. The Morgan fingerprint density at radius 1 is 1.36 bits per heavy atom. The molecule has 0 aromatic heterocycles. The van der Waals surface area contributed by atoms with Crippen molar-refractivity contribution in [1.29, 1.82) is 0 Å². The van der Waals surface area contributed by atoms with Gasteiger partial charge in [-0.3, -0.25) is 0 Å². The molecule has 0 amide bonds. The van der Waals surface area contributed by atoms with Gasteiger partial charge in [0.2, 0.25) is 0 Å². The van der Waals surface area contributed by atoms with E-state index in [1.165, 1.54) is 0 Å². The highest BCUT2D eigenvalue weighted by molar-refractivity contribution is 5.45. The van der Waals surface area contributed by atoms with E-state index in [-0.39, 0.29) is 6.61 Å². The van der Waals surface area contributed by atoms with Crippen LogP contribution in [0.3, 0.4) is 0 Å². The van der Waals surface area contributed by atoms with Crippen LogP contribution >= 0.6 is 0 Å². The maximum Gasteiger partial charge on any atom is 0.135 e. The highest BCUT2D eigenvalue weighted by Crippen LogP contribution is 2.16. The SMILES string of the molecule is NCC#Cc1ccccc1OCCF. The molecule has 0 fully saturated rings. The molecule has 0 unspecified atom stereocenters. The third kappa shape index (κ3) is 3.08. The van der Waals surface area contributed by atoms with Crippen LogP contribution in [0.1, 0.15) is 5.56 Å². The van der Waals surface area contributed by atoms with Crippen molar-refractivity contribution in [3.8, 4) is 17.6 Å². The van der Waals surface area contributed by atoms with Gasteiger partial charge in [0.05, 0.1) is 12.1 Å². The van der Waals surface area contributed by atoms with Gasteiger partial charge in [-0.15, -0.1) is 0 Å². The molecule has 2 nitrogen and oxygen atoms in total. The molecule has 0 saturated heterocycles. The van der Waals surface area contributed by atoms with E-state index in [0.717, 1.165) is 5.56 Å². The van der Waals surface area contributed by atoms with Crippen molar-refractivity contribution in [2.75, 3.05) is 19.8 Å². The van der Waals surface area contributed by atoms with Gasteiger partial charge in [0.15, 0.2) is 0 Å². The normalized spacial score (nSPS) is 9.00. The van der Waals surface area contributed by atoms with Crippen LogP contribution in [0.15, 0.2) is 24.3 Å². The summed E-state index contributed by atoms with van der Waals surface area (Å²) in [6, 6.07) is 7.25. The first kappa shape index (κ1) is 10.6. The number of benzene rings is 1. The molecular formula is C11H12FNO. The minimum atomic E-state index is -0.501. The van der Waals surface area contributed by atoms with Crippen LogP contribution < -0.4 is 10.5 Å². The lowest BCUT2D eigenvalue weighted by molar-refractivity contribution is 0.272. The second-order valence-electron chi connectivity index (χ2n) is 2.54. The van der Waals surface area contributed by atoms with Crippen LogP contribution in [0.4, 0.5) is 4.39 Å². The molecule has 14 heavy (non-hydrogen) atoms. The predicted molar refractivity (Wildman–Crippen MR) is 53.8 cm³/mol. The number of para-hydroxylation sites is 1. The molecule has 3 heteroatoms. The van der Waals surface area contributed by atoms with Gasteiger partial charge in [-0.05, 0) is 12.1 Å². The highest BCUT2D eigenvalue weighted by atomic mass is 19.1. The Kier molecular flexibility index (Phi) is 4.53. The topological polar surface area (TPSA) is 35.2 Å². The van der Waals surface area contributed by atoms with E-state index >= 15 is 0 Å². The lowest BCUT2D eigenvalue weighted by Crippen LogP contribution is -2.00. The van der Waals surface area contributed by atoms with Crippen molar-refractivity contribution < 1.29 is 9.13 Å². The number of hydrogen-bond acceptors (Lipinski definition) is 2. The standard InChI is InChI=1S/C11H12FNO/c12-7-9-14-11-6-2-1-4-10(11)5-3-8-13/h1-2,4,6H,7-9,13H2.